The van der Waals surface area contributed by atoms with Gasteiger partial charge >= 0.3 is 0 Å². The van der Waals surface area contributed by atoms with E-state index in [0.717, 1.165) is 0 Å². The van der Waals surface area contributed by atoms with Gasteiger partial charge in [-0.15, -0.1) is 0 Å². The Labute approximate surface area is 55.5 Å². The van der Waals surface area contributed by atoms with Gasteiger partial charge in [-0.2, -0.15) is 0 Å². The van der Waals surface area contributed by atoms with E-state index in [0.29, 0.717) is 13.1 Å². The highest BCUT2D eigenvalue weighted by molar-refractivity contribution is 4.40. The van der Waals surface area contributed by atoms with Crippen molar-refractivity contribution in [2.45, 2.75) is 13.0 Å². The molecule has 0 bridgehead atoms. The predicted molar refractivity (Wildman–Crippen MR) is 36.9 cm³/mol. The molecule has 1 atom stereocenters. The zero-order valence-electron chi connectivity index (χ0n) is 5.75. The maximum atomic E-state index is 8.24. The quantitative estimate of drug-likeness (QED) is 0.363. The molecule has 9 heavy (non-hydrogen) atoms. The monoisotopic (exact) mass is 136 g/mol. The molecule has 4 heteroatoms. The smallest absolute Gasteiger partial charge is 0.0634 e. The van der Waals surface area contributed by atoms with E-state index in [1.54, 1.807) is 6.92 Å². The second-order valence-electron chi connectivity index (χ2n) is 1.60. The fourth-order valence-corrected chi connectivity index (χ4v) is 0. The summed E-state index contributed by atoms with van der Waals surface area (Å²) in [7, 11) is 0. The molecule has 0 aromatic heterocycles. The third-order valence-corrected chi connectivity index (χ3v) is 0.470. The van der Waals surface area contributed by atoms with Gasteiger partial charge in [0.25, 0.3) is 0 Å². The van der Waals surface area contributed by atoms with Crippen LogP contribution in [0.4, 0.5) is 0 Å². The van der Waals surface area contributed by atoms with Crippen molar-refractivity contribution in [3.05, 3.63) is 0 Å². The van der Waals surface area contributed by atoms with Gasteiger partial charge < -0.3 is 21.7 Å². The summed E-state index contributed by atoms with van der Waals surface area (Å²) in [5.74, 6) is 0. The summed E-state index contributed by atoms with van der Waals surface area (Å²) in [6.07, 6.45) is -0.338. The van der Waals surface area contributed by atoms with Crippen LogP contribution in [-0.2, 0) is 0 Å². The molecule has 58 valence electrons. The van der Waals surface area contributed by atoms with Gasteiger partial charge in [-0.25, -0.2) is 0 Å². The van der Waals surface area contributed by atoms with E-state index in [-0.39, 0.29) is 12.7 Å². The van der Waals surface area contributed by atoms with Crippen LogP contribution in [0.2, 0.25) is 0 Å². The Balaban J connectivity index is 0. The Morgan fingerprint density at radius 2 is 1.67 bits per heavy atom. The van der Waals surface area contributed by atoms with Crippen LogP contribution in [0, 0.1) is 0 Å². The molecule has 0 fully saturated rings. The zero-order chi connectivity index (χ0) is 7.70. The largest absolute Gasteiger partial charge is 0.395 e. The maximum absolute atomic E-state index is 8.24. The second-order valence-corrected chi connectivity index (χ2v) is 1.60. The molecule has 0 spiro atoms. The predicted octanol–water partition coefficient (Wildman–Crippen LogP) is -1.74. The summed E-state index contributed by atoms with van der Waals surface area (Å²) < 4.78 is 0. The number of hydrogen-bond acceptors (Lipinski definition) is 4. The first-order chi connectivity index (χ1) is 4.18. The van der Waals surface area contributed by atoms with Crippen LogP contribution in [0.25, 0.3) is 0 Å². The van der Waals surface area contributed by atoms with Crippen molar-refractivity contribution in [1.82, 2.24) is 0 Å². The highest BCUT2D eigenvalue weighted by Crippen LogP contribution is 1.65. The lowest BCUT2D eigenvalue weighted by Crippen LogP contribution is -2.14. The van der Waals surface area contributed by atoms with Crippen LogP contribution in [0.5, 0.6) is 0 Å². The van der Waals surface area contributed by atoms with E-state index in [2.05, 4.69) is 0 Å². The Bertz CT molecular complexity index is 39.9. The summed E-state index contributed by atoms with van der Waals surface area (Å²) >= 11 is 0. The number of hydrogen-bond donors (Lipinski definition) is 4. The molecule has 0 aliphatic heterocycles. The normalized spacial score (nSPS) is 11.7. The molecule has 0 heterocycles. The summed E-state index contributed by atoms with van der Waals surface area (Å²) in [6.45, 7) is 2.49. The standard InChI is InChI=1S/C3H9NO.C2H7NO/c1-3(5)2-4;3-1-2-4/h3,5H,2,4H2,1H3;4H,1-3H2. The Kier molecular flexibility index (Phi) is 13.9. The second kappa shape index (κ2) is 10.8. The summed E-state index contributed by atoms with van der Waals surface area (Å²) in [5, 5.41) is 16.0. The van der Waals surface area contributed by atoms with E-state index >= 15 is 0 Å². The lowest BCUT2D eigenvalue weighted by molar-refractivity contribution is 0.203. The number of nitrogens with two attached hydrogens (primary N) is 2. The van der Waals surface area contributed by atoms with Gasteiger partial charge in [-0.05, 0) is 6.92 Å². The van der Waals surface area contributed by atoms with E-state index in [9.17, 15) is 0 Å². The molecule has 1 unspecified atom stereocenters. The minimum atomic E-state index is -0.338. The number of rotatable bonds is 2. The third-order valence-electron chi connectivity index (χ3n) is 0.470. The SMILES string of the molecule is CC(O)CN.NCCO. The fraction of sp³-hybridized carbons (Fsp3) is 1.00. The molecule has 4 nitrogen and oxygen atoms in total. The van der Waals surface area contributed by atoms with Crippen LogP contribution in [0.3, 0.4) is 0 Å². The highest BCUT2D eigenvalue weighted by atomic mass is 16.3. The molecule has 0 aromatic carbocycles. The molecule has 0 amide bonds. The molecular formula is C5H16N2O2. The maximum Gasteiger partial charge on any atom is 0.0634 e. The lowest BCUT2D eigenvalue weighted by atomic mass is 10.4. The lowest BCUT2D eigenvalue weighted by Gasteiger charge is -1.91. The van der Waals surface area contributed by atoms with E-state index < -0.39 is 0 Å². The van der Waals surface area contributed by atoms with Crippen LogP contribution < -0.4 is 11.5 Å². The first-order valence-corrected chi connectivity index (χ1v) is 2.88. The van der Waals surface area contributed by atoms with Crippen LogP contribution in [0.1, 0.15) is 6.92 Å². The highest BCUT2D eigenvalue weighted by Gasteiger charge is 1.81. The van der Waals surface area contributed by atoms with Crippen LogP contribution in [-0.4, -0.2) is 36.0 Å². The fourth-order valence-electron chi connectivity index (χ4n) is 0. The van der Waals surface area contributed by atoms with Crippen molar-refractivity contribution in [2.24, 2.45) is 11.5 Å². The molecule has 0 aromatic rings. The van der Waals surface area contributed by atoms with Crippen molar-refractivity contribution in [2.75, 3.05) is 19.7 Å². The van der Waals surface area contributed by atoms with Gasteiger partial charge in [-0.1, -0.05) is 0 Å². The molecule has 0 radical (unpaired) electrons. The Morgan fingerprint density at radius 3 is 1.67 bits per heavy atom. The minimum Gasteiger partial charge on any atom is -0.395 e. The van der Waals surface area contributed by atoms with Crippen molar-refractivity contribution in [3.63, 3.8) is 0 Å². The molecular weight excluding hydrogens is 120 g/mol. The first-order valence-electron chi connectivity index (χ1n) is 2.88. The molecule has 0 saturated carbocycles. The summed E-state index contributed by atoms with van der Waals surface area (Å²) in [6, 6.07) is 0. The van der Waals surface area contributed by atoms with Gasteiger partial charge in [0, 0.05) is 13.1 Å². The van der Waals surface area contributed by atoms with E-state index in [1.807, 2.05) is 0 Å². The first kappa shape index (κ1) is 11.6. The zero-order valence-corrected chi connectivity index (χ0v) is 5.75. The Hall–Kier alpha value is -0.160. The van der Waals surface area contributed by atoms with Crippen LogP contribution >= 0.6 is 0 Å². The van der Waals surface area contributed by atoms with Crippen molar-refractivity contribution < 1.29 is 10.2 Å². The van der Waals surface area contributed by atoms with Crippen molar-refractivity contribution in [1.29, 1.82) is 0 Å². The Morgan fingerprint density at radius 1 is 1.44 bits per heavy atom. The molecule has 0 rings (SSSR count). The van der Waals surface area contributed by atoms with E-state index in [1.165, 1.54) is 0 Å². The van der Waals surface area contributed by atoms with Gasteiger partial charge in [0.05, 0.1) is 12.7 Å². The van der Waals surface area contributed by atoms with Gasteiger partial charge in [-0.3, -0.25) is 0 Å². The summed E-state index contributed by atoms with van der Waals surface area (Å²) in [5.41, 5.74) is 9.70. The molecule has 0 aliphatic rings. The van der Waals surface area contributed by atoms with Crippen molar-refractivity contribution >= 4 is 0 Å². The third kappa shape index (κ3) is 33.2. The minimum absolute atomic E-state index is 0.0972. The molecule has 0 aliphatic carbocycles. The molecule has 6 N–H and O–H groups in total. The van der Waals surface area contributed by atoms with Crippen molar-refractivity contribution in [3.8, 4) is 0 Å². The number of aliphatic hydroxyl groups excluding tert-OH is 2. The van der Waals surface area contributed by atoms with Gasteiger partial charge in [0.1, 0.15) is 0 Å². The van der Waals surface area contributed by atoms with Gasteiger partial charge in [0.2, 0.25) is 0 Å². The van der Waals surface area contributed by atoms with Gasteiger partial charge in [0.15, 0.2) is 0 Å². The number of aliphatic hydroxyl groups is 2. The van der Waals surface area contributed by atoms with Crippen LogP contribution in [0.15, 0.2) is 0 Å². The topological polar surface area (TPSA) is 92.5 Å². The van der Waals surface area contributed by atoms with E-state index in [4.69, 9.17) is 21.7 Å². The summed E-state index contributed by atoms with van der Waals surface area (Å²) in [4.78, 5) is 0. The average Bonchev–Trinajstić information content (AvgIpc) is 1.89. The average molecular weight is 136 g/mol. The molecule has 0 saturated heterocycles.